The zero-order valence-electron chi connectivity index (χ0n) is 10.8. The molecular formula is C11H15N3O5S. The minimum Gasteiger partial charge on any atom is -0.460 e. The van der Waals surface area contributed by atoms with Crippen molar-refractivity contribution in [2.45, 2.75) is 13.0 Å². The van der Waals surface area contributed by atoms with Gasteiger partial charge >= 0.3 is 5.97 Å². The second kappa shape index (κ2) is 6.96. The molecule has 1 amide bonds. The summed E-state index contributed by atoms with van der Waals surface area (Å²) in [6.45, 7) is 0.977. The number of rotatable bonds is 6. The zero-order chi connectivity index (χ0) is 15.2. The van der Waals surface area contributed by atoms with Crippen molar-refractivity contribution in [2.24, 2.45) is 5.73 Å². The van der Waals surface area contributed by atoms with Crippen LogP contribution in [0.5, 0.6) is 0 Å². The number of amides is 1. The molecule has 1 heterocycles. The van der Waals surface area contributed by atoms with Crippen molar-refractivity contribution in [2.75, 3.05) is 12.3 Å². The number of nitrogens with two attached hydrogens (primary N) is 1. The van der Waals surface area contributed by atoms with Crippen molar-refractivity contribution in [3.05, 3.63) is 30.1 Å². The first-order valence-corrected chi connectivity index (χ1v) is 7.31. The predicted octanol–water partition coefficient (Wildman–Crippen LogP) is -0.968. The molecule has 0 aliphatic heterocycles. The van der Waals surface area contributed by atoms with E-state index in [0.717, 1.165) is 6.92 Å². The summed E-state index contributed by atoms with van der Waals surface area (Å²) in [5.41, 5.74) is 5.41. The Balaban J connectivity index is 2.70. The fraction of sp³-hybridized carbons (Fsp3) is 0.364. The molecule has 0 aliphatic carbocycles. The topological polar surface area (TPSA) is 128 Å². The Kier molecular flexibility index (Phi) is 5.59. The van der Waals surface area contributed by atoms with Crippen LogP contribution in [-0.4, -0.2) is 43.7 Å². The number of sulfonamides is 1. The van der Waals surface area contributed by atoms with E-state index in [9.17, 15) is 18.0 Å². The average molecular weight is 301 g/mol. The van der Waals surface area contributed by atoms with Crippen molar-refractivity contribution < 1.29 is 22.7 Å². The molecule has 9 heteroatoms. The zero-order valence-corrected chi connectivity index (χ0v) is 11.6. The average Bonchev–Trinajstić information content (AvgIpc) is 2.37. The normalized spacial score (nSPS) is 12.5. The predicted molar refractivity (Wildman–Crippen MR) is 70.1 cm³/mol. The molecule has 20 heavy (non-hydrogen) atoms. The lowest BCUT2D eigenvalue weighted by molar-refractivity contribution is -0.144. The van der Waals surface area contributed by atoms with E-state index in [4.69, 9.17) is 10.5 Å². The number of ether oxygens (including phenoxy) is 1. The van der Waals surface area contributed by atoms with E-state index in [1.54, 1.807) is 0 Å². The number of hydrogen-bond donors (Lipinski definition) is 2. The third kappa shape index (κ3) is 5.33. The summed E-state index contributed by atoms with van der Waals surface area (Å²) >= 11 is 0. The molecule has 8 nitrogen and oxygen atoms in total. The van der Waals surface area contributed by atoms with E-state index in [0.29, 0.717) is 0 Å². The number of carbonyl (C=O) groups is 2. The Hall–Kier alpha value is -2.00. The number of nitrogens with zero attached hydrogens (tertiary/aromatic N) is 1. The van der Waals surface area contributed by atoms with E-state index in [1.807, 2.05) is 4.72 Å². The molecule has 1 atom stereocenters. The van der Waals surface area contributed by atoms with Crippen LogP contribution in [-0.2, 0) is 19.6 Å². The smallest absolute Gasteiger partial charge is 0.302 e. The largest absolute Gasteiger partial charge is 0.460 e. The summed E-state index contributed by atoms with van der Waals surface area (Å²) in [4.78, 5) is 26.2. The van der Waals surface area contributed by atoms with Gasteiger partial charge in [-0.2, -0.15) is 0 Å². The van der Waals surface area contributed by atoms with Crippen molar-refractivity contribution in [3.8, 4) is 0 Å². The van der Waals surface area contributed by atoms with Crippen molar-refractivity contribution >= 4 is 21.9 Å². The monoisotopic (exact) mass is 301 g/mol. The lowest BCUT2D eigenvalue weighted by Crippen LogP contribution is -2.40. The molecule has 1 unspecified atom stereocenters. The summed E-state index contributed by atoms with van der Waals surface area (Å²) in [5, 5.41) is 0. The maximum absolute atomic E-state index is 11.8. The van der Waals surface area contributed by atoms with Gasteiger partial charge in [-0.3, -0.25) is 14.6 Å². The minimum atomic E-state index is -3.97. The molecule has 0 aliphatic rings. The van der Waals surface area contributed by atoms with Crippen molar-refractivity contribution in [3.63, 3.8) is 0 Å². The molecule has 3 N–H and O–H groups in total. The first-order valence-electron chi connectivity index (χ1n) is 5.66. The van der Waals surface area contributed by atoms with Gasteiger partial charge in [-0.1, -0.05) is 0 Å². The summed E-state index contributed by atoms with van der Waals surface area (Å²) < 4.78 is 30.1. The van der Waals surface area contributed by atoms with E-state index < -0.39 is 33.8 Å². The van der Waals surface area contributed by atoms with E-state index >= 15 is 0 Å². The number of carbonyl (C=O) groups excluding carboxylic acids is 2. The van der Waals surface area contributed by atoms with Gasteiger partial charge in [-0.25, -0.2) is 13.1 Å². The van der Waals surface area contributed by atoms with Crippen LogP contribution in [0.25, 0.3) is 0 Å². The molecule has 0 fully saturated rings. The van der Waals surface area contributed by atoms with Crippen LogP contribution < -0.4 is 10.5 Å². The molecule has 1 aromatic rings. The molecule has 0 bridgehead atoms. The highest BCUT2D eigenvalue weighted by molar-refractivity contribution is 7.90. The highest BCUT2D eigenvalue weighted by Crippen LogP contribution is 2.00. The molecule has 0 spiro atoms. The Labute approximate surface area is 116 Å². The highest BCUT2D eigenvalue weighted by atomic mass is 32.2. The quantitative estimate of drug-likeness (QED) is 0.647. The van der Waals surface area contributed by atoms with E-state index in [1.165, 1.54) is 24.5 Å². The minimum absolute atomic E-state index is 0.104. The lowest BCUT2D eigenvalue weighted by atomic mass is 10.3. The molecule has 0 radical (unpaired) electrons. The summed E-state index contributed by atoms with van der Waals surface area (Å²) in [7, 11) is -3.97. The van der Waals surface area contributed by atoms with Crippen LogP contribution in [0.4, 0.5) is 0 Å². The van der Waals surface area contributed by atoms with Crippen molar-refractivity contribution in [1.82, 2.24) is 9.71 Å². The maximum Gasteiger partial charge on any atom is 0.302 e. The molecule has 0 saturated heterocycles. The fourth-order valence-electron chi connectivity index (χ4n) is 1.37. The molecule has 110 valence electrons. The van der Waals surface area contributed by atoms with Crippen LogP contribution in [0, 0.1) is 0 Å². The second-order valence-electron chi connectivity index (χ2n) is 3.92. The number of nitrogens with one attached hydrogen (secondary N) is 1. The van der Waals surface area contributed by atoms with Gasteiger partial charge in [0.15, 0.2) is 0 Å². The first-order chi connectivity index (χ1) is 9.34. The molecule has 1 aromatic heterocycles. The van der Waals surface area contributed by atoms with Crippen LogP contribution >= 0.6 is 0 Å². The fourth-order valence-corrected chi connectivity index (χ4v) is 2.55. The van der Waals surface area contributed by atoms with Gasteiger partial charge in [0.1, 0.15) is 11.9 Å². The highest BCUT2D eigenvalue weighted by Gasteiger charge is 2.23. The Bertz CT molecular complexity index is 573. The van der Waals surface area contributed by atoms with E-state index in [-0.39, 0.29) is 12.1 Å². The lowest BCUT2D eigenvalue weighted by Gasteiger charge is -2.15. The first kappa shape index (κ1) is 16.1. The maximum atomic E-state index is 11.8. The number of hydrogen-bond acceptors (Lipinski definition) is 7. The number of pyridine rings is 1. The van der Waals surface area contributed by atoms with Gasteiger partial charge in [-0.05, 0) is 12.1 Å². The van der Waals surface area contributed by atoms with Crippen LogP contribution in [0.3, 0.4) is 0 Å². The van der Waals surface area contributed by atoms with Gasteiger partial charge in [0.2, 0.25) is 10.0 Å². The van der Waals surface area contributed by atoms with Gasteiger partial charge in [-0.15, -0.1) is 0 Å². The van der Waals surface area contributed by atoms with E-state index in [2.05, 4.69) is 4.98 Å². The van der Waals surface area contributed by atoms with Crippen LogP contribution in [0.15, 0.2) is 24.5 Å². The third-order valence-electron chi connectivity index (χ3n) is 2.17. The van der Waals surface area contributed by atoms with Crippen molar-refractivity contribution in [1.29, 1.82) is 0 Å². The molecule has 0 aromatic carbocycles. The van der Waals surface area contributed by atoms with Crippen LogP contribution in [0.2, 0.25) is 0 Å². The summed E-state index contributed by atoms with van der Waals surface area (Å²) in [6.07, 6.45) is 1.68. The van der Waals surface area contributed by atoms with Crippen LogP contribution in [0.1, 0.15) is 17.3 Å². The summed E-state index contributed by atoms with van der Waals surface area (Å²) in [5.74, 6) is -2.04. The van der Waals surface area contributed by atoms with Gasteiger partial charge < -0.3 is 10.5 Å². The van der Waals surface area contributed by atoms with Gasteiger partial charge in [0.25, 0.3) is 5.91 Å². The Morgan fingerprint density at radius 1 is 1.50 bits per heavy atom. The van der Waals surface area contributed by atoms with Gasteiger partial charge in [0, 0.05) is 25.9 Å². The summed E-state index contributed by atoms with van der Waals surface area (Å²) in [6, 6.07) is 2.92. The Morgan fingerprint density at radius 2 is 2.20 bits per heavy atom. The molecular weight excluding hydrogens is 286 g/mol. The number of esters is 1. The molecule has 0 saturated carbocycles. The Morgan fingerprint density at radius 3 is 2.70 bits per heavy atom. The van der Waals surface area contributed by atoms with Gasteiger partial charge in [0.05, 0.1) is 5.56 Å². The SMILES string of the molecule is CC(=O)OC(CN)CS(=O)(=O)NC(=O)c1cccnc1. The molecule has 1 rings (SSSR count). The number of aromatic nitrogens is 1. The second-order valence-corrected chi connectivity index (χ2v) is 5.69. The standard InChI is InChI=1S/C11H15N3O5S/c1-8(15)19-10(5-12)7-20(17,18)14-11(16)9-3-2-4-13-6-9/h2-4,6,10H,5,7,12H2,1H3,(H,14,16). The third-order valence-corrected chi connectivity index (χ3v) is 3.48.